The Bertz CT molecular complexity index is 5710. The van der Waals surface area contributed by atoms with E-state index < -0.39 is 51.1 Å². The van der Waals surface area contributed by atoms with Crippen LogP contribution in [-0.4, -0.2) is 279 Å². The molecule has 15 fully saturated rings. The summed E-state index contributed by atoms with van der Waals surface area (Å²) >= 11 is 21.2. The minimum absolute atomic E-state index is 0. The molecule has 16 N–H and O–H groups in total. The average molecular weight is 2300 g/mol. The number of ether oxygens (including phenoxy) is 1. The van der Waals surface area contributed by atoms with Crippen molar-refractivity contribution in [1.82, 2.24) is 40.0 Å². The van der Waals surface area contributed by atoms with Crippen molar-refractivity contribution < 1.29 is 78.5 Å². The molecular formula is C116H158BBr3Cl2N12O16. The summed E-state index contributed by atoms with van der Waals surface area (Å²) in [4.78, 5) is 121. The SMILES string of the molecule is BrB(Br)Br.C.CCOC(=O)CN(C)C(=O)[C@@H]1C[C@]23CCN(CC4CC4)[C@H](Cc4ccc(C)cc42)[C@]3(O)C1.Cc1ccc2c(c1)[C@]13CCN(CC4CC4)[C@H](C2)[C@]1(O)C[C@H](C(=O)Cl)C3.Cc1ccc2c(c1)[C@]13CCN(CC4CC4)[C@H](C2)[C@]1(O)C[C@H](C(=O)Cl)C3.Cc1ccc2c(c1)[C@]13CCN(CC4CC4)[C@H](C2)[C@]1(O)C[C@H](C(=O)NCC(N)=O)C3.NC(=O)CNC(=O)[C@@H]1C[C@]23CCN(CC4CC4)[C@H](Cc4ccc(O)cc42)[C@]3(O)C1.NCC(N)=O. The first-order valence-corrected chi connectivity index (χ1v) is 58.6. The minimum atomic E-state index is -1.02. The number of likely N-dealkylation sites (tertiary alicyclic amines) is 5. The number of likely N-dealkylation sites (N-methyl/N-ethyl adjacent to an activating group) is 1. The number of primary amides is 3. The number of nitrogens with two attached hydrogens (primary N) is 4. The van der Waals surface area contributed by atoms with Gasteiger partial charge < -0.3 is 73.8 Å². The van der Waals surface area contributed by atoms with Crippen LogP contribution in [0.15, 0.2) is 91.0 Å². The number of nitrogens with one attached hydrogen (secondary N) is 2. The summed E-state index contributed by atoms with van der Waals surface area (Å²) in [6, 6.07) is 32.5. The number of aliphatic hydroxyl groups is 5. The van der Waals surface area contributed by atoms with Crippen LogP contribution < -0.4 is 33.6 Å². The fraction of sp³-hybridized carbons (Fsp3) is 0.664. The average Bonchev–Trinajstić information content (AvgIpc) is 1.80. The molecule has 28 nitrogen and oxygen atoms in total. The molecule has 5 aromatic carbocycles. The molecule has 15 aliphatic carbocycles. The molecule has 816 valence electrons. The molecule has 5 aromatic rings. The third-order valence-electron chi connectivity index (χ3n) is 39.6. The number of carbonyl (C=O) groups excluding carboxylic acids is 9. The molecule has 34 heteroatoms. The van der Waals surface area contributed by atoms with E-state index in [1.54, 1.807) is 26.1 Å². The predicted molar refractivity (Wildman–Crippen MR) is 590 cm³/mol. The van der Waals surface area contributed by atoms with Gasteiger partial charge in [0.15, 0.2) is 0 Å². The summed E-state index contributed by atoms with van der Waals surface area (Å²) in [7, 11) is 1.67. The molecule has 20 aliphatic rings. The number of halogens is 5. The maximum Gasteiger partial charge on any atom is 0.369 e. The number of rotatable bonds is 23. The van der Waals surface area contributed by atoms with Crippen LogP contribution in [0.1, 0.15) is 253 Å². The Morgan fingerprint density at radius 3 is 0.887 bits per heavy atom. The molecule has 0 aromatic heterocycles. The minimum Gasteiger partial charge on any atom is -0.508 e. The zero-order chi connectivity index (χ0) is 106. The van der Waals surface area contributed by atoms with Gasteiger partial charge in [-0.15, -0.1) is 47.3 Å². The summed E-state index contributed by atoms with van der Waals surface area (Å²) in [6.07, 6.45) is 27.2. The van der Waals surface area contributed by atoms with Crippen LogP contribution in [0.3, 0.4) is 0 Å². The number of aromatic hydroxyl groups is 1. The number of aryl methyl sites for hydroxylation is 4. The van der Waals surface area contributed by atoms with E-state index in [0.29, 0.717) is 70.8 Å². The number of hydrogen-bond donors (Lipinski definition) is 12. The number of esters is 1. The third-order valence-corrected chi connectivity index (χ3v) is 40.2. The second-order valence-corrected chi connectivity index (χ2v) is 56.2. The number of phenolic OH excluding ortho intramolecular Hbond substituents is 1. The molecule has 10 saturated carbocycles. The Morgan fingerprint density at radius 2 is 0.640 bits per heavy atom. The summed E-state index contributed by atoms with van der Waals surface area (Å²) in [5, 5.41) is 75.6. The first-order valence-electron chi connectivity index (χ1n) is 55.1. The molecule has 5 saturated heterocycles. The normalized spacial score (nSPS) is 34.6. The molecule has 5 aliphatic heterocycles. The summed E-state index contributed by atoms with van der Waals surface area (Å²) in [6.45, 7) is 20.3. The lowest BCUT2D eigenvalue weighted by Gasteiger charge is -2.59. The van der Waals surface area contributed by atoms with Gasteiger partial charge in [0.1, 0.15) is 12.3 Å². The predicted octanol–water partition coefficient (Wildman–Crippen LogP) is 11.4. The van der Waals surface area contributed by atoms with Crippen LogP contribution in [0.25, 0.3) is 0 Å². The van der Waals surface area contributed by atoms with Crippen LogP contribution in [0.2, 0.25) is 0 Å². The summed E-state index contributed by atoms with van der Waals surface area (Å²) in [5.41, 5.74) is 30.7. The standard InChI is InChI=1S/C26H36N2O4.C23H31N3O3.C22H29N3O4.2C21H26ClNO2.C2H6N2O.CH4.BBr3/c1-4-32-23(29)16-27(3)24(30)20-13-25-9-10-28(15-18-6-7-18)22(26(25,31)14-20)12-19-8-5-17(2)11-21(19)25;1-14-2-5-16-9-19-23(29)11-17(21(28)25-12-20(24)27)10-22(23,18(16)8-14)6-7-26(19)13-15-3-4-15;23-19(27)11-24-20(28)15-9-21-5-6-25(12-13-1-2-13)18(22(21,29)10-15)7-14-3-4-16(26)8-17(14)21;2*1-13-2-5-15-9-18-21(25)11-16(19(22)24)10-20(21,17(15)8-13)6-7-23(18)12-14-3-4-14;3-1-2(4)5;;2-1(3)4/h5,8,11,18,20,22,31H,4,6-7,9-10,12-16H2,1-3H3;2,5,8,15,17,19,29H,3-4,6-7,9-13H2,1H3,(H2,24,27)(H,25,28);3-4,8,13,15,18,26,29H,1-2,5-7,9-12H2,(H2,23,27)(H,24,28);2*2,5,8,14,16,18,25H,3-4,6-7,9-12H2,1H3;1,3H2,(H2,4,5);1H4;/t20-,22-,25-,26-;17-,19-,22-,23-;15-,18-,21-,22-;2*16-,18-,20-,21-;;;/m11111.../s1. The van der Waals surface area contributed by atoms with Gasteiger partial charge in [0.05, 0.1) is 54.2 Å². The van der Waals surface area contributed by atoms with E-state index in [2.05, 4.69) is 189 Å². The van der Waals surface area contributed by atoms with E-state index in [1.807, 2.05) is 6.07 Å². The van der Waals surface area contributed by atoms with Crippen LogP contribution >= 0.6 is 70.5 Å². The van der Waals surface area contributed by atoms with Gasteiger partial charge in [-0.2, -0.15) is 0 Å². The Kier molecular flexibility index (Phi) is 33.0. The van der Waals surface area contributed by atoms with E-state index in [1.165, 1.54) is 136 Å². The molecule has 150 heavy (non-hydrogen) atoms. The van der Waals surface area contributed by atoms with Gasteiger partial charge in [0.25, 0.3) is 0 Å². The zero-order valence-electron chi connectivity index (χ0n) is 87.4. The Morgan fingerprint density at radius 1 is 0.400 bits per heavy atom. The van der Waals surface area contributed by atoms with Crippen LogP contribution in [0, 0.1) is 86.9 Å². The molecular weight excluding hydrogens is 2140 g/mol. The van der Waals surface area contributed by atoms with Crippen LogP contribution in [0.4, 0.5) is 0 Å². The highest BCUT2D eigenvalue weighted by Crippen LogP contribution is 2.69. The van der Waals surface area contributed by atoms with E-state index >= 15 is 0 Å². The molecule has 0 spiro atoms. The highest BCUT2D eigenvalue weighted by atomic mass is 79.9. The first-order chi connectivity index (χ1) is 70.8. The summed E-state index contributed by atoms with van der Waals surface area (Å²) < 4.78 is 5.31. The molecule has 25 rings (SSSR count). The number of fused-ring (bicyclic) bond motifs is 5. The Hall–Kier alpha value is -6.83. The smallest absolute Gasteiger partial charge is 0.369 e. The van der Waals surface area contributed by atoms with E-state index in [9.17, 15) is 73.8 Å². The van der Waals surface area contributed by atoms with Crippen molar-refractivity contribution in [2.45, 2.75) is 320 Å². The first kappa shape index (κ1) is 113. The highest BCUT2D eigenvalue weighted by Gasteiger charge is 2.74. The lowest BCUT2D eigenvalue weighted by molar-refractivity contribution is -0.149. The monoisotopic (exact) mass is 2290 g/mol. The van der Waals surface area contributed by atoms with Gasteiger partial charge in [0, 0.05) is 127 Å². The van der Waals surface area contributed by atoms with Crippen LogP contribution in [0.5, 0.6) is 5.75 Å². The van der Waals surface area contributed by atoms with Crippen molar-refractivity contribution in [3.8, 4) is 5.75 Å². The molecule has 0 unspecified atom stereocenters. The number of benzene rings is 5. The number of piperidine rings is 5. The van der Waals surface area contributed by atoms with Gasteiger partial charge in [-0.3, -0.25) is 67.7 Å². The molecule has 6 amide bonds. The van der Waals surface area contributed by atoms with Gasteiger partial charge in [-0.05, 0) is 381 Å². The van der Waals surface area contributed by atoms with Gasteiger partial charge in [-0.25, -0.2) is 0 Å². The van der Waals surface area contributed by atoms with E-state index in [-0.39, 0.29) is 158 Å². The maximum absolute atomic E-state index is 13.4. The van der Waals surface area contributed by atoms with Gasteiger partial charge in [0.2, 0.25) is 45.9 Å². The molecule has 10 bridgehead atoms. The fourth-order valence-electron chi connectivity index (χ4n) is 31.9. The topological polar surface area (TPSA) is 432 Å². The number of phenols is 1. The third kappa shape index (κ3) is 21.3. The second-order valence-electron chi connectivity index (χ2n) is 49.0. The Labute approximate surface area is 919 Å². The Balaban J connectivity index is 0.000000120. The van der Waals surface area contributed by atoms with Gasteiger partial charge in [-0.1, -0.05) is 109 Å². The molecule has 0 radical (unpaired) electrons. The van der Waals surface area contributed by atoms with Crippen molar-refractivity contribution >= 4 is 126 Å². The number of hydrogen-bond acceptors (Lipinski definition) is 22. The van der Waals surface area contributed by atoms with Crippen molar-refractivity contribution in [2.75, 3.05) is 105 Å². The largest absolute Gasteiger partial charge is 0.508 e. The maximum atomic E-state index is 13.4. The van der Waals surface area contributed by atoms with Gasteiger partial charge >= 0.3 is 9.15 Å². The van der Waals surface area contributed by atoms with Crippen molar-refractivity contribution in [1.29, 1.82) is 0 Å². The molecule has 5 heterocycles. The zero-order valence-corrected chi connectivity index (χ0v) is 93.6. The quantitative estimate of drug-likeness (QED) is 0.0164. The lowest BCUT2D eigenvalue weighted by atomic mass is 9.56. The van der Waals surface area contributed by atoms with Crippen LogP contribution in [-0.2, 0) is 107 Å². The number of nitrogens with zero attached hydrogens (tertiary/aromatic N) is 6. The second kappa shape index (κ2) is 43.9. The van der Waals surface area contributed by atoms with E-state index in [0.717, 1.165) is 170 Å². The van der Waals surface area contributed by atoms with E-state index in [4.69, 9.17) is 45.1 Å². The van der Waals surface area contributed by atoms with Crippen molar-refractivity contribution in [3.63, 3.8) is 0 Å². The summed E-state index contributed by atoms with van der Waals surface area (Å²) in [5.74, 6) is 0.269. The highest BCUT2D eigenvalue weighted by molar-refractivity contribution is 9.69. The number of amides is 6. The lowest BCUT2D eigenvalue weighted by Crippen LogP contribution is -2.69. The number of carbonyl (C=O) groups is 9. The molecule has 20 atom stereocenters. The fourth-order valence-corrected chi connectivity index (χ4v) is 32.3. The van der Waals surface area contributed by atoms with Crippen molar-refractivity contribution in [2.24, 2.45) is 82.1 Å². The van der Waals surface area contributed by atoms with Crippen molar-refractivity contribution in [3.05, 3.63) is 169 Å².